The zero-order valence-corrected chi connectivity index (χ0v) is 12.5. The molecule has 0 aromatic carbocycles. The van der Waals surface area contributed by atoms with Gasteiger partial charge in [-0.2, -0.15) is 0 Å². The Balaban J connectivity index is 1.95. The van der Waals surface area contributed by atoms with Gasteiger partial charge in [0.25, 0.3) is 0 Å². The van der Waals surface area contributed by atoms with Crippen LogP contribution >= 0.6 is 11.3 Å². The van der Waals surface area contributed by atoms with Crippen LogP contribution in [0.15, 0.2) is 11.4 Å². The third-order valence-corrected chi connectivity index (χ3v) is 4.89. The van der Waals surface area contributed by atoms with Crippen LogP contribution in [0.25, 0.3) is 0 Å². The zero-order valence-electron chi connectivity index (χ0n) is 11.7. The SMILES string of the molecule is CCC1c2ccsc2CCN1C(=O)CCCCCN. The van der Waals surface area contributed by atoms with E-state index >= 15 is 0 Å². The summed E-state index contributed by atoms with van der Waals surface area (Å²) in [5.41, 5.74) is 6.86. The molecular weight excluding hydrogens is 256 g/mol. The molecule has 0 saturated heterocycles. The number of hydrogen-bond donors (Lipinski definition) is 1. The molecule has 1 aromatic heterocycles. The summed E-state index contributed by atoms with van der Waals surface area (Å²) in [5.74, 6) is 0.320. The Morgan fingerprint density at radius 2 is 2.32 bits per heavy atom. The van der Waals surface area contributed by atoms with Crippen molar-refractivity contribution < 1.29 is 4.79 Å². The number of nitrogens with zero attached hydrogens (tertiary/aromatic N) is 1. The lowest BCUT2D eigenvalue weighted by atomic mass is 9.97. The first-order valence-corrected chi connectivity index (χ1v) is 8.21. The second-order valence-electron chi connectivity index (χ2n) is 5.16. The Labute approximate surface area is 119 Å². The van der Waals surface area contributed by atoms with Crippen molar-refractivity contribution in [2.24, 2.45) is 5.73 Å². The fourth-order valence-electron chi connectivity index (χ4n) is 2.88. The van der Waals surface area contributed by atoms with E-state index < -0.39 is 0 Å². The van der Waals surface area contributed by atoms with Gasteiger partial charge in [-0.15, -0.1) is 11.3 Å². The number of hydrogen-bond acceptors (Lipinski definition) is 3. The second-order valence-corrected chi connectivity index (χ2v) is 6.16. The van der Waals surface area contributed by atoms with Crippen molar-refractivity contribution in [2.75, 3.05) is 13.1 Å². The Morgan fingerprint density at radius 1 is 1.47 bits per heavy atom. The average Bonchev–Trinajstić information content (AvgIpc) is 2.90. The van der Waals surface area contributed by atoms with E-state index in [4.69, 9.17) is 5.73 Å². The third kappa shape index (κ3) is 3.37. The summed E-state index contributed by atoms with van der Waals surface area (Å²) in [4.78, 5) is 15.9. The van der Waals surface area contributed by atoms with Crippen LogP contribution in [0.2, 0.25) is 0 Å². The molecule has 1 aromatic rings. The van der Waals surface area contributed by atoms with Gasteiger partial charge in [-0.05, 0) is 49.2 Å². The normalized spacial score (nSPS) is 18.4. The number of rotatable bonds is 6. The molecule has 2 rings (SSSR count). The van der Waals surface area contributed by atoms with Gasteiger partial charge >= 0.3 is 0 Å². The number of fused-ring (bicyclic) bond motifs is 1. The molecule has 2 heterocycles. The average molecular weight is 280 g/mol. The van der Waals surface area contributed by atoms with Crippen LogP contribution in [0.5, 0.6) is 0 Å². The van der Waals surface area contributed by atoms with Crippen LogP contribution in [0.4, 0.5) is 0 Å². The molecule has 0 radical (unpaired) electrons. The van der Waals surface area contributed by atoms with E-state index in [0.29, 0.717) is 18.4 Å². The number of nitrogens with two attached hydrogens (primary N) is 1. The quantitative estimate of drug-likeness (QED) is 0.814. The lowest BCUT2D eigenvalue weighted by Gasteiger charge is -2.35. The van der Waals surface area contributed by atoms with Crippen molar-refractivity contribution in [1.29, 1.82) is 0 Å². The second kappa shape index (κ2) is 7.06. The van der Waals surface area contributed by atoms with Crippen LogP contribution < -0.4 is 5.73 Å². The molecule has 0 fully saturated rings. The Bertz CT molecular complexity index is 416. The molecule has 1 unspecified atom stereocenters. The van der Waals surface area contributed by atoms with Crippen LogP contribution in [0.3, 0.4) is 0 Å². The largest absolute Gasteiger partial charge is 0.335 e. The van der Waals surface area contributed by atoms with Gasteiger partial charge in [0.05, 0.1) is 6.04 Å². The molecule has 1 amide bonds. The lowest BCUT2D eigenvalue weighted by Crippen LogP contribution is -2.39. The highest BCUT2D eigenvalue weighted by molar-refractivity contribution is 7.10. The molecule has 0 aliphatic carbocycles. The van der Waals surface area contributed by atoms with Gasteiger partial charge in [0.1, 0.15) is 0 Å². The summed E-state index contributed by atoms with van der Waals surface area (Å²) in [6, 6.07) is 2.50. The third-order valence-electron chi connectivity index (χ3n) is 3.90. The van der Waals surface area contributed by atoms with E-state index in [0.717, 1.165) is 45.2 Å². The number of unbranched alkanes of at least 4 members (excludes halogenated alkanes) is 2. The highest BCUT2D eigenvalue weighted by Crippen LogP contribution is 2.35. The first-order valence-electron chi connectivity index (χ1n) is 7.33. The van der Waals surface area contributed by atoms with Gasteiger partial charge in [-0.25, -0.2) is 0 Å². The maximum atomic E-state index is 12.4. The van der Waals surface area contributed by atoms with Crippen molar-refractivity contribution in [3.8, 4) is 0 Å². The molecule has 1 aliphatic rings. The smallest absolute Gasteiger partial charge is 0.223 e. The highest BCUT2D eigenvalue weighted by Gasteiger charge is 2.29. The first-order chi connectivity index (χ1) is 9.27. The van der Waals surface area contributed by atoms with E-state index in [2.05, 4.69) is 23.3 Å². The Hall–Kier alpha value is -0.870. The summed E-state index contributed by atoms with van der Waals surface area (Å²) in [7, 11) is 0. The predicted molar refractivity (Wildman–Crippen MR) is 80.3 cm³/mol. The standard InChI is InChI=1S/C15H24N2OS/c1-2-13-12-8-11-19-14(12)7-10-17(13)15(18)6-4-3-5-9-16/h8,11,13H,2-7,9-10,16H2,1H3. The van der Waals surface area contributed by atoms with Crippen molar-refractivity contribution in [2.45, 2.75) is 51.5 Å². The fourth-order valence-corrected chi connectivity index (χ4v) is 3.80. The molecule has 1 atom stereocenters. The topological polar surface area (TPSA) is 46.3 Å². The van der Waals surface area contributed by atoms with Crippen molar-refractivity contribution >= 4 is 17.2 Å². The van der Waals surface area contributed by atoms with Gasteiger partial charge in [-0.1, -0.05) is 13.3 Å². The minimum Gasteiger partial charge on any atom is -0.335 e. The van der Waals surface area contributed by atoms with Gasteiger partial charge in [0, 0.05) is 17.8 Å². The van der Waals surface area contributed by atoms with Gasteiger partial charge in [0.15, 0.2) is 0 Å². The van der Waals surface area contributed by atoms with Crippen molar-refractivity contribution in [1.82, 2.24) is 4.90 Å². The molecule has 106 valence electrons. The molecule has 3 nitrogen and oxygen atoms in total. The van der Waals surface area contributed by atoms with E-state index in [1.54, 1.807) is 0 Å². The molecule has 4 heteroatoms. The van der Waals surface area contributed by atoms with Crippen LogP contribution in [0.1, 0.15) is 55.5 Å². The minimum atomic E-state index is 0.303. The summed E-state index contributed by atoms with van der Waals surface area (Å²) >= 11 is 1.83. The predicted octanol–water partition coefficient (Wildman–Crippen LogP) is 3.10. The summed E-state index contributed by atoms with van der Waals surface area (Å²) in [6.07, 6.45) is 5.78. The monoisotopic (exact) mass is 280 g/mol. The maximum absolute atomic E-state index is 12.4. The van der Waals surface area contributed by atoms with Gasteiger partial charge in [-0.3, -0.25) is 4.79 Å². The van der Waals surface area contributed by atoms with E-state index in [9.17, 15) is 4.79 Å². The Kier molecular flexibility index (Phi) is 5.40. The molecule has 0 spiro atoms. The summed E-state index contributed by atoms with van der Waals surface area (Å²) in [6.45, 7) is 3.79. The number of carbonyl (C=O) groups is 1. The van der Waals surface area contributed by atoms with E-state index in [-0.39, 0.29) is 0 Å². The highest BCUT2D eigenvalue weighted by atomic mass is 32.1. The van der Waals surface area contributed by atoms with E-state index in [1.807, 2.05) is 11.3 Å². The molecule has 19 heavy (non-hydrogen) atoms. The summed E-state index contributed by atoms with van der Waals surface area (Å²) in [5, 5.41) is 2.16. The molecule has 2 N–H and O–H groups in total. The van der Waals surface area contributed by atoms with Crippen molar-refractivity contribution in [3.63, 3.8) is 0 Å². The first kappa shape index (κ1) is 14.5. The van der Waals surface area contributed by atoms with Crippen LogP contribution in [-0.2, 0) is 11.2 Å². The van der Waals surface area contributed by atoms with Gasteiger partial charge in [0.2, 0.25) is 5.91 Å². The molecular formula is C15H24N2OS. The molecule has 1 aliphatic heterocycles. The maximum Gasteiger partial charge on any atom is 0.223 e. The van der Waals surface area contributed by atoms with Crippen LogP contribution in [0, 0.1) is 0 Å². The molecule has 0 bridgehead atoms. The number of thiophene rings is 1. The van der Waals surface area contributed by atoms with Gasteiger partial charge < -0.3 is 10.6 Å². The zero-order chi connectivity index (χ0) is 13.7. The molecule has 0 saturated carbocycles. The number of carbonyl (C=O) groups excluding carboxylic acids is 1. The lowest BCUT2D eigenvalue weighted by molar-refractivity contribution is -0.134. The minimum absolute atomic E-state index is 0.303. The Morgan fingerprint density at radius 3 is 3.05 bits per heavy atom. The fraction of sp³-hybridized carbons (Fsp3) is 0.667. The van der Waals surface area contributed by atoms with Crippen molar-refractivity contribution in [3.05, 3.63) is 21.9 Å². The number of amides is 1. The van der Waals surface area contributed by atoms with E-state index in [1.165, 1.54) is 10.4 Å². The summed E-state index contributed by atoms with van der Waals surface area (Å²) < 4.78 is 0. The van der Waals surface area contributed by atoms with Crippen LogP contribution in [-0.4, -0.2) is 23.9 Å².